The van der Waals surface area contributed by atoms with E-state index in [0.717, 1.165) is 12.1 Å². The van der Waals surface area contributed by atoms with Gasteiger partial charge in [0.1, 0.15) is 17.2 Å². The largest absolute Gasteiger partial charge is 0.353 e. The van der Waals surface area contributed by atoms with E-state index in [1.807, 2.05) is 38.9 Å². The Labute approximate surface area is 159 Å². The van der Waals surface area contributed by atoms with E-state index in [2.05, 4.69) is 5.32 Å². The van der Waals surface area contributed by atoms with Crippen molar-refractivity contribution in [3.05, 3.63) is 35.6 Å². The second kappa shape index (κ2) is 9.37. The summed E-state index contributed by atoms with van der Waals surface area (Å²) in [5.41, 5.74) is 0.718. The van der Waals surface area contributed by atoms with Crippen LogP contribution >= 0.6 is 11.8 Å². The van der Waals surface area contributed by atoms with Crippen LogP contribution in [0.4, 0.5) is 4.39 Å². The standard InChI is InChI=1S/C19H28FN3O2S/c1-13(2)10-16(18(25)21-8-9-22(3)4)23-17(24)12-26-19(23)14-6-5-7-15(20)11-14/h5-7,11,13,16,19H,8-10,12H2,1-4H3,(H,21,25)/t16-,19+/m1/s1. The first-order chi connectivity index (χ1) is 12.3. The molecular weight excluding hydrogens is 353 g/mol. The zero-order valence-corrected chi connectivity index (χ0v) is 16.7. The van der Waals surface area contributed by atoms with Crippen molar-refractivity contribution in [3.8, 4) is 0 Å². The van der Waals surface area contributed by atoms with Gasteiger partial charge in [0.15, 0.2) is 0 Å². The molecule has 0 aromatic heterocycles. The first kappa shape index (κ1) is 20.7. The fourth-order valence-corrected chi connectivity index (χ4v) is 4.22. The number of carbonyl (C=O) groups is 2. The normalized spacial score (nSPS) is 18.7. The highest BCUT2D eigenvalue weighted by atomic mass is 32.2. The molecule has 5 nitrogen and oxygen atoms in total. The third-order valence-corrected chi connectivity index (χ3v) is 5.46. The van der Waals surface area contributed by atoms with Crippen LogP contribution < -0.4 is 5.32 Å². The van der Waals surface area contributed by atoms with Crippen molar-refractivity contribution in [3.63, 3.8) is 0 Å². The van der Waals surface area contributed by atoms with Crippen LogP contribution in [0.5, 0.6) is 0 Å². The summed E-state index contributed by atoms with van der Waals surface area (Å²) >= 11 is 1.44. The predicted octanol–water partition coefficient (Wildman–Crippen LogP) is 2.49. The molecule has 0 radical (unpaired) electrons. The van der Waals surface area contributed by atoms with Crippen LogP contribution in [0.2, 0.25) is 0 Å². The number of rotatable bonds is 8. The number of nitrogens with zero attached hydrogens (tertiary/aromatic N) is 2. The second-order valence-electron chi connectivity index (χ2n) is 7.26. The smallest absolute Gasteiger partial charge is 0.242 e. The monoisotopic (exact) mass is 381 g/mol. The Morgan fingerprint density at radius 2 is 2.15 bits per heavy atom. The van der Waals surface area contributed by atoms with Gasteiger partial charge in [-0.2, -0.15) is 0 Å². The maximum absolute atomic E-state index is 13.7. The number of hydrogen-bond acceptors (Lipinski definition) is 4. The average Bonchev–Trinajstić information content (AvgIpc) is 2.93. The minimum atomic E-state index is -0.548. The summed E-state index contributed by atoms with van der Waals surface area (Å²) in [6, 6.07) is 5.73. The molecule has 1 saturated heterocycles. The molecule has 1 N–H and O–H groups in total. The van der Waals surface area contributed by atoms with Gasteiger partial charge in [-0.15, -0.1) is 11.8 Å². The van der Waals surface area contributed by atoms with E-state index in [-0.39, 0.29) is 28.9 Å². The number of carbonyl (C=O) groups excluding carboxylic acids is 2. The van der Waals surface area contributed by atoms with E-state index in [1.54, 1.807) is 11.0 Å². The molecule has 0 unspecified atom stereocenters. The molecule has 7 heteroatoms. The third-order valence-electron chi connectivity index (χ3n) is 4.23. The van der Waals surface area contributed by atoms with Crippen LogP contribution in [0.25, 0.3) is 0 Å². The Morgan fingerprint density at radius 1 is 1.42 bits per heavy atom. The SMILES string of the molecule is CC(C)C[C@H](C(=O)NCCN(C)C)N1C(=O)CS[C@H]1c1cccc(F)c1. The van der Waals surface area contributed by atoms with E-state index >= 15 is 0 Å². The van der Waals surface area contributed by atoms with Gasteiger partial charge < -0.3 is 15.1 Å². The van der Waals surface area contributed by atoms with E-state index in [9.17, 15) is 14.0 Å². The number of thioether (sulfide) groups is 1. The van der Waals surface area contributed by atoms with Crippen molar-refractivity contribution in [2.24, 2.45) is 5.92 Å². The highest BCUT2D eigenvalue weighted by Gasteiger charge is 2.41. The topological polar surface area (TPSA) is 52.7 Å². The summed E-state index contributed by atoms with van der Waals surface area (Å²) in [6.07, 6.45) is 0.575. The lowest BCUT2D eigenvalue weighted by atomic mass is 10.0. The van der Waals surface area contributed by atoms with Crippen molar-refractivity contribution < 1.29 is 14.0 Å². The summed E-state index contributed by atoms with van der Waals surface area (Å²) in [7, 11) is 3.89. The quantitative estimate of drug-likeness (QED) is 0.752. The maximum Gasteiger partial charge on any atom is 0.242 e. The van der Waals surface area contributed by atoms with Gasteiger partial charge in [0.05, 0.1) is 5.75 Å². The van der Waals surface area contributed by atoms with Crippen molar-refractivity contribution in [2.45, 2.75) is 31.7 Å². The molecule has 144 valence electrons. The van der Waals surface area contributed by atoms with Gasteiger partial charge in [-0.3, -0.25) is 9.59 Å². The maximum atomic E-state index is 13.7. The fraction of sp³-hybridized carbons (Fsp3) is 0.579. The average molecular weight is 382 g/mol. The van der Waals surface area contributed by atoms with Crippen LogP contribution in [0.1, 0.15) is 31.2 Å². The molecule has 1 aliphatic rings. The highest BCUT2D eigenvalue weighted by molar-refractivity contribution is 8.00. The van der Waals surface area contributed by atoms with E-state index < -0.39 is 6.04 Å². The minimum absolute atomic E-state index is 0.0716. The summed E-state index contributed by atoms with van der Waals surface area (Å²) in [5.74, 6) is 0.0145. The van der Waals surface area contributed by atoms with Crippen LogP contribution in [-0.2, 0) is 9.59 Å². The zero-order chi connectivity index (χ0) is 19.3. The Balaban J connectivity index is 2.22. The summed E-state index contributed by atoms with van der Waals surface area (Å²) in [4.78, 5) is 29.0. The lowest BCUT2D eigenvalue weighted by molar-refractivity contribution is -0.139. The van der Waals surface area contributed by atoms with E-state index in [0.29, 0.717) is 18.7 Å². The Morgan fingerprint density at radius 3 is 2.77 bits per heavy atom. The molecule has 0 saturated carbocycles. The molecule has 2 rings (SSSR count). The van der Waals surface area contributed by atoms with Gasteiger partial charge in [0, 0.05) is 13.1 Å². The molecule has 1 fully saturated rings. The van der Waals surface area contributed by atoms with Gasteiger partial charge in [0.25, 0.3) is 0 Å². The van der Waals surface area contributed by atoms with Gasteiger partial charge >= 0.3 is 0 Å². The van der Waals surface area contributed by atoms with Gasteiger partial charge in [0.2, 0.25) is 11.8 Å². The minimum Gasteiger partial charge on any atom is -0.353 e. The molecule has 2 amide bonds. The molecule has 0 aliphatic carbocycles. The molecule has 1 aromatic carbocycles. The van der Waals surface area contributed by atoms with Crippen molar-refractivity contribution in [1.29, 1.82) is 0 Å². The molecule has 26 heavy (non-hydrogen) atoms. The lowest BCUT2D eigenvalue weighted by Crippen LogP contribution is -2.50. The van der Waals surface area contributed by atoms with Crippen molar-refractivity contribution in [1.82, 2.24) is 15.1 Å². The number of likely N-dealkylation sites (N-methyl/N-ethyl adjacent to an activating group) is 1. The summed E-state index contributed by atoms with van der Waals surface area (Å²) in [5, 5.41) is 2.61. The number of hydrogen-bond donors (Lipinski definition) is 1. The Kier molecular flexibility index (Phi) is 7.46. The summed E-state index contributed by atoms with van der Waals surface area (Å²) < 4.78 is 13.7. The second-order valence-corrected chi connectivity index (χ2v) is 8.33. The van der Waals surface area contributed by atoms with Crippen LogP contribution in [0, 0.1) is 11.7 Å². The van der Waals surface area contributed by atoms with E-state index in [1.165, 1.54) is 23.9 Å². The molecule has 1 aromatic rings. The van der Waals surface area contributed by atoms with Crippen molar-refractivity contribution in [2.75, 3.05) is 32.9 Å². The van der Waals surface area contributed by atoms with Gasteiger partial charge in [-0.1, -0.05) is 26.0 Å². The number of amides is 2. The molecule has 1 aliphatic heterocycles. The Bertz CT molecular complexity index is 639. The Hall–Kier alpha value is -1.60. The lowest BCUT2D eigenvalue weighted by Gasteiger charge is -2.33. The number of nitrogens with one attached hydrogen (secondary N) is 1. The molecular formula is C19H28FN3O2S. The molecule has 1 heterocycles. The van der Waals surface area contributed by atoms with Gasteiger partial charge in [-0.05, 0) is 44.1 Å². The number of halogens is 1. The molecule has 0 spiro atoms. The van der Waals surface area contributed by atoms with Crippen molar-refractivity contribution >= 4 is 23.6 Å². The third kappa shape index (κ3) is 5.45. The highest BCUT2D eigenvalue weighted by Crippen LogP contribution is 2.41. The first-order valence-corrected chi connectivity index (χ1v) is 9.95. The van der Waals surface area contributed by atoms with Crippen LogP contribution in [-0.4, -0.2) is 60.6 Å². The van der Waals surface area contributed by atoms with Crippen LogP contribution in [0.3, 0.4) is 0 Å². The zero-order valence-electron chi connectivity index (χ0n) is 15.9. The van der Waals surface area contributed by atoms with E-state index in [4.69, 9.17) is 0 Å². The van der Waals surface area contributed by atoms with Crippen LogP contribution in [0.15, 0.2) is 24.3 Å². The van der Waals surface area contributed by atoms with Gasteiger partial charge in [-0.25, -0.2) is 4.39 Å². The molecule has 0 bridgehead atoms. The molecule has 2 atom stereocenters. The predicted molar refractivity (Wildman–Crippen MR) is 103 cm³/mol. The number of benzene rings is 1. The fourth-order valence-electron chi connectivity index (χ4n) is 3.00. The summed E-state index contributed by atoms with van der Waals surface area (Å²) in [6.45, 7) is 5.33. The first-order valence-electron chi connectivity index (χ1n) is 8.90.